The predicted molar refractivity (Wildman–Crippen MR) is 65.8 cm³/mol. The van der Waals surface area contributed by atoms with Crippen LogP contribution < -0.4 is 11.1 Å². The third kappa shape index (κ3) is 3.86. The Labute approximate surface area is 92.2 Å². The largest absolute Gasteiger partial charge is 0.329 e. The molecular weight excluding hydrogens is 184 g/mol. The maximum atomic E-state index is 5.75. The van der Waals surface area contributed by atoms with Crippen LogP contribution in [0.25, 0.3) is 0 Å². The van der Waals surface area contributed by atoms with Gasteiger partial charge in [0, 0.05) is 19.1 Å². The van der Waals surface area contributed by atoms with Crippen molar-refractivity contribution in [3.8, 4) is 0 Å². The van der Waals surface area contributed by atoms with Gasteiger partial charge in [0.1, 0.15) is 0 Å². The second-order valence-electron chi connectivity index (χ2n) is 4.04. The third-order valence-corrected chi connectivity index (χ3v) is 2.33. The van der Waals surface area contributed by atoms with E-state index in [4.69, 9.17) is 5.73 Å². The number of rotatable bonds is 5. The normalized spacial score (nSPS) is 12.5. The smallest absolute Gasteiger partial charge is 0.0447 e. The lowest BCUT2D eigenvalue weighted by Crippen LogP contribution is -2.29. The molecule has 0 saturated carbocycles. The van der Waals surface area contributed by atoms with Gasteiger partial charge in [0.25, 0.3) is 0 Å². The van der Waals surface area contributed by atoms with Crippen molar-refractivity contribution >= 4 is 0 Å². The first-order valence-corrected chi connectivity index (χ1v) is 5.28. The van der Waals surface area contributed by atoms with E-state index in [9.17, 15) is 0 Å². The molecule has 0 aromatic heterocycles. The topological polar surface area (TPSA) is 38.0 Å². The number of nitrogens with two attached hydrogens (primary N) is 1. The molecule has 1 rings (SSSR count). The van der Waals surface area contributed by atoms with E-state index in [1.165, 1.54) is 11.1 Å². The van der Waals surface area contributed by atoms with Gasteiger partial charge in [-0.1, -0.05) is 42.0 Å². The number of aryl methyl sites for hydroxylation is 1. The zero-order valence-corrected chi connectivity index (χ0v) is 9.59. The van der Waals surface area contributed by atoms with Gasteiger partial charge in [0.15, 0.2) is 0 Å². The van der Waals surface area contributed by atoms with Crippen molar-refractivity contribution in [3.05, 3.63) is 47.5 Å². The molecule has 1 aromatic rings. The summed E-state index contributed by atoms with van der Waals surface area (Å²) in [6.45, 7) is 9.40. The van der Waals surface area contributed by atoms with Crippen LogP contribution in [0.1, 0.15) is 24.1 Å². The molecule has 1 unspecified atom stereocenters. The Morgan fingerprint density at radius 1 is 1.53 bits per heavy atom. The minimum atomic E-state index is 0.224. The van der Waals surface area contributed by atoms with Crippen LogP contribution in [0.15, 0.2) is 36.4 Å². The molecule has 0 fully saturated rings. The number of hydrogen-bond acceptors (Lipinski definition) is 2. The summed E-state index contributed by atoms with van der Waals surface area (Å²) < 4.78 is 0. The summed E-state index contributed by atoms with van der Waals surface area (Å²) in [7, 11) is 0. The SMILES string of the molecule is C=C(C)CNC(CN)c1cccc(C)c1. The maximum absolute atomic E-state index is 5.75. The molecule has 2 nitrogen and oxygen atoms in total. The molecule has 1 atom stereocenters. The van der Waals surface area contributed by atoms with E-state index in [1.807, 2.05) is 6.92 Å². The second kappa shape index (κ2) is 5.69. The number of benzene rings is 1. The quantitative estimate of drug-likeness (QED) is 0.721. The van der Waals surface area contributed by atoms with Crippen molar-refractivity contribution < 1.29 is 0 Å². The van der Waals surface area contributed by atoms with Crippen LogP contribution in [-0.2, 0) is 0 Å². The molecule has 0 aliphatic heterocycles. The van der Waals surface area contributed by atoms with E-state index in [0.29, 0.717) is 6.54 Å². The summed E-state index contributed by atoms with van der Waals surface area (Å²) in [4.78, 5) is 0. The lowest BCUT2D eigenvalue weighted by Gasteiger charge is -2.17. The van der Waals surface area contributed by atoms with Crippen LogP contribution in [-0.4, -0.2) is 13.1 Å². The van der Waals surface area contributed by atoms with E-state index >= 15 is 0 Å². The van der Waals surface area contributed by atoms with Gasteiger partial charge in [0.2, 0.25) is 0 Å². The summed E-state index contributed by atoms with van der Waals surface area (Å²) >= 11 is 0. The van der Waals surface area contributed by atoms with Crippen molar-refractivity contribution in [2.45, 2.75) is 19.9 Å². The fraction of sp³-hybridized carbons (Fsp3) is 0.385. The predicted octanol–water partition coefficient (Wildman–Crippen LogP) is 2.16. The van der Waals surface area contributed by atoms with E-state index in [-0.39, 0.29) is 6.04 Å². The molecular formula is C13H20N2. The summed E-state index contributed by atoms with van der Waals surface area (Å²) in [6, 6.07) is 8.66. The van der Waals surface area contributed by atoms with Gasteiger partial charge >= 0.3 is 0 Å². The average molecular weight is 204 g/mol. The first kappa shape index (κ1) is 12.0. The molecule has 0 amide bonds. The highest BCUT2D eigenvalue weighted by atomic mass is 14.9. The summed E-state index contributed by atoms with van der Waals surface area (Å²) in [6.07, 6.45) is 0. The molecule has 2 heteroatoms. The highest BCUT2D eigenvalue weighted by molar-refractivity contribution is 5.25. The van der Waals surface area contributed by atoms with E-state index in [2.05, 4.69) is 43.1 Å². The first-order valence-electron chi connectivity index (χ1n) is 5.28. The molecule has 0 heterocycles. The van der Waals surface area contributed by atoms with Crippen molar-refractivity contribution in [1.29, 1.82) is 0 Å². The minimum absolute atomic E-state index is 0.224. The van der Waals surface area contributed by atoms with Gasteiger partial charge in [-0.25, -0.2) is 0 Å². The standard InChI is InChI=1S/C13H20N2/c1-10(2)9-15-13(8-14)12-6-4-5-11(3)7-12/h4-7,13,15H,1,8-9,14H2,2-3H3. The highest BCUT2D eigenvalue weighted by Crippen LogP contribution is 2.13. The van der Waals surface area contributed by atoms with E-state index < -0.39 is 0 Å². The van der Waals surface area contributed by atoms with Crippen LogP contribution in [0.3, 0.4) is 0 Å². The Balaban J connectivity index is 2.69. The van der Waals surface area contributed by atoms with Crippen LogP contribution in [0.4, 0.5) is 0 Å². The van der Waals surface area contributed by atoms with Gasteiger partial charge in [-0.2, -0.15) is 0 Å². The van der Waals surface area contributed by atoms with Crippen molar-refractivity contribution in [2.75, 3.05) is 13.1 Å². The third-order valence-electron chi connectivity index (χ3n) is 2.33. The van der Waals surface area contributed by atoms with Gasteiger partial charge in [0.05, 0.1) is 0 Å². The van der Waals surface area contributed by atoms with Gasteiger partial charge in [-0.05, 0) is 19.4 Å². The molecule has 82 valence electrons. The van der Waals surface area contributed by atoms with Crippen LogP contribution in [0, 0.1) is 6.92 Å². The zero-order chi connectivity index (χ0) is 11.3. The highest BCUT2D eigenvalue weighted by Gasteiger charge is 2.07. The van der Waals surface area contributed by atoms with E-state index in [1.54, 1.807) is 0 Å². The summed E-state index contributed by atoms with van der Waals surface area (Å²) in [5.74, 6) is 0. The molecule has 0 spiro atoms. The summed E-state index contributed by atoms with van der Waals surface area (Å²) in [5.41, 5.74) is 9.39. The minimum Gasteiger partial charge on any atom is -0.329 e. The fourth-order valence-corrected chi connectivity index (χ4v) is 1.52. The van der Waals surface area contributed by atoms with Crippen LogP contribution in [0.5, 0.6) is 0 Å². The zero-order valence-electron chi connectivity index (χ0n) is 9.59. The molecule has 0 aliphatic carbocycles. The second-order valence-corrected chi connectivity index (χ2v) is 4.04. The molecule has 1 aromatic carbocycles. The lowest BCUT2D eigenvalue weighted by atomic mass is 10.0. The molecule has 3 N–H and O–H groups in total. The number of nitrogens with one attached hydrogen (secondary N) is 1. The monoisotopic (exact) mass is 204 g/mol. The maximum Gasteiger partial charge on any atom is 0.0447 e. The molecule has 0 bridgehead atoms. The average Bonchev–Trinajstić information content (AvgIpc) is 2.18. The number of hydrogen-bond donors (Lipinski definition) is 2. The Kier molecular flexibility index (Phi) is 4.53. The first-order chi connectivity index (χ1) is 7.13. The molecule has 0 saturated heterocycles. The Morgan fingerprint density at radius 3 is 2.80 bits per heavy atom. The van der Waals surface area contributed by atoms with Gasteiger partial charge in [-0.3, -0.25) is 0 Å². The fourth-order valence-electron chi connectivity index (χ4n) is 1.52. The molecule has 15 heavy (non-hydrogen) atoms. The Morgan fingerprint density at radius 2 is 2.27 bits per heavy atom. The van der Waals surface area contributed by atoms with Crippen molar-refractivity contribution in [3.63, 3.8) is 0 Å². The lowest BCUT2D eigenvalue weighted by molar-refractivity contribution is 0.569. The van der Waals surface area contributed by atoms with Gasteiger partial charge in [-0.15, -0.1) is 0 Å². The van der Waals surface area contributed by atoms with Crippen molar-refractivity contribution in [1.82, 2.24) is 5.32 Å². The molecule has 0 radical (unpaired) electrons. The van der Waals surface area contributed by atoms with Crippen LogP contribution in [0.2, 0.25) is 0 Å². The van der Waals surface area contributed by atoms with Crippen LogP contribution >= 0.6 is 0 Å². The summed E-state index contributed by atoms with van der Waals surface area (Å²) in [5, 5.41) is 3.39. The van der Waals surface area contributed by atoms with Gasteiger partial charge < -0.3 is 11.1 Å². The Bertz CT molecular complexity index is 331. The Hall–Kier alpha value is -1.12. The molecule has 0 aliphatic rings. The van der Waals surface area contributed by atoms with E-state index in [0.717, 1.165) is 12.1 Å². The van der Waals surface area contributed by atoms with Crippen molar-refractivity contribution in [2.24, 2.45) is 5.73 Å².